The van der Waals surface area contributed by atoms with Gasteiger partial charge in [0.15, 0.2) is 0 Å². The Balaban J connectivity index is 0. The van der Waals surface area contributed by atoms with Crippen molar-refractivity contribution >= 4 is 5.82 Å². The Morgan fingerprint density at radius 2 is 2.08 bits per heavy atom. The second kappa shape index (κ2) is 9.74. The summed E-state index contributed by atoms with van der Waals surface area (Å²) in [5, 5.41) is 2.14. The molecule has 13 heavy (non-hydrogen) atoms. The van der Waals surface area contributed by atoms with Gasteiger partial charge < -0.3 is 30.5 Å². The van der Waals surface area contributed by atoms with Crippen LogP contribution in [0.5, 0.6) is 0 Å². The molecule has 0 spiro atoms. The van der Waals surface area contributed by atoms with Gasteiger partial charge in [-0.05, 0) is 6.07 Å². The van der Waals surface area contributed by atoms with E-state index in [2.05, 4.69) is 16.0 Å². The highest BCUT2D eigenvalue weighted by atomic mass is 35.5. The van der Waals surface area contributed by atoms with Gasteiger partial charge in [-0.25, -0.2) is 4.98 Å². The second-order valence-electron chi connectivity index (χ2n) is 2.45. The maximum atomic E-state index is 4.17. The summed E-state index contributed by atoms with van der Waals surface area (Å²) in [6, 6.07) is 5.95. The summed E-state index contributed by atoms with van der Waals surface area (Å²) < 4.78 is 0. The summed E-state index contributed by atoms with van der Waals surface area (Å²) in [6.45, 7) is 2.09. The summed E-state index contributed by atoms with van der Waals surface area (Å²) in [4.78, 5) is 4.17. The highest BCUT2D eigenvalue weighted by Gasteiger charge is 1.94. The lowest BCUT2D eigenvalue weighted by Crippen LogP contribution is -3.00. The molecule has 0 fully saturated rings. The number of nitrogens with two attached hydrogens (primary N) is 1. The first-order valence-corrected chi connectivity index (χ1v) is 3.97. The third kappa shape index (κ3) is 6.78. The number of pyridine rings is 1. The minimum Gasteiger partial charge on any atom is -1.00 e. The van der Waals surface area contributed by atoms with E-state index in [1.807, 2.05) is 24.4 Å². The Morgan fingerprint density at radius 1 is 1.31 bits per heavy atom. The third-order valence-corrected chi connectivity index (χ3v) is 1.50. The zero-order valence-electron chi connectivity index (χ0n) is 7.42. The van der Waals surface area contributed by atoms with Crippen LogP contribution in [0, 0.1) is 0 Å². The monoisotopic (exact) mass is 223 g/mol. The molecule has 5 N–H and O–H groups in total. The molecule has 0 saturated carbocycles. The number of quaternary nitrogens is 2. The van der Waals surface area contributed by atoms with Gasteiger partial charge in [0.05, 0.1) is 13.1 Å². The molecule has 1 rings (SSSR count). The van der Waals surface area contributed by atoms with Crippen LogP contribution in [0.2, 0.25) is 0 Å². The van der Waals surface area contributed by atoms with Crippen LogP contribution in [-0.4, -0.2) is 18.1 Å². The van der Waals surface area contributed by atoms with Gasteiger partial charge >= 0.3 is 0 Å². The molecule has 1 aromatic heterocycles. The van der Waals surface area contributed by atoms with E-state index in [0.717, 1.165) is 25.3 Å². The van der Waals surface area contributed by atoms with Crippen LogP contribution in [0.1, 0.15) is 6.42 Å². The van der Waals surface area contributed by atoms with Crippen molar-refractivity contribution in [1.29, 1.82) is 0 Å². The van der Waals surface area contributed by atoms with Crippen molar-refractivity contribution in [1.82, 2.24) is 4.98 Å². The predicted octanol–water partition coefficient (Wildman–Crippen LogP) is -7.08. The maximum Gasteiger partial charge on any atom is 0.224 e. The molecule has 3 nitrogen and oxygen atoms in total. The SMILES string of the molecule is [Cl-].[Cl-].[NH3+]CCC[NH2+]c1ccccn1. The highest BCUT2D eigenvalue weighted by molar-refractivity contribution is 5.14. The van der Waals surface area contributed by atoms with Gasteiger partial charge in [-0.15, -0.1) is 0 Å². The topological polar surface area (TPSA) is 57.1 Å². The van der Waals surface area contributed by atoms with Crippen molar-refractivity contribution in [2.24, 2.45) is 0 Å². The Labute approximate surface area is 90.9 Å². The standard InChI is InChI=1S/C8H13N3.2ClH/c9-5-3-7-11-8-4-1-2-6-10-8;;/h1-2,4,6H,3,5,7,9H2,(H,10,11);2*1H. The molecule has 0 aromatic carbocycles. The number of rotatable bonds is 4. The number of hydrogen-bond donors (Lipinski definition) is 2. The third-order valence-electron chi connectivity index (χ3n) is 1.50. The Kier molecular flexibility index (Phi) is 11.3. The Bertz CT molecular complexity index is 194. The fourth-order valence-electron chi connectivity index (χ4n) is 0.891. The smallest absolute Gasteiger partial charge is 0.224 e. The molecule has 0 amide bonds. The minimum atomic E-state index is 0. The molecule has 0 radical (unpaired) electrons. The van der Waals surface area contributed by atoms with E-state index >= 15 is 0 Å². The number of hydrogen-bond acceptors (Lipinski definition) is 1. The lowest BCUT2D eigenvalue weighted by atomic mass is 10.4. The van der Waals surface area contributed by atoms with Crippen molar-refractivity contribution in [2.45, 2.75) is 6.42 Å². The lowest BCUT2D eigenvalue weighted by molar-refractivity contribution is -0.579. The molecule has 1 aromatic rings. The molecule has 0 bridgehead atoms. The van der Waals surface area contributed by atoms with Crippen molar-refractivity contribution in [3.05, 3.63) is 24.4 Å². The molecule has 0 aliphatic rings. The average Bonchev–Trinajstić information content (AvgIpc) is 2.07. The Morgan fingerprint density at radius 3 is 2.62 bits per heavy atom. The number of aromatic nitrogens is 1. The molecule has 1 heterocycles. The first-order valence-electron chi connectivity index (χ1n) is 3.97. The van der Waals surface area contributed by atoms with Crippen molar-refractivity contribution < 1.29 is 35.9 Å². The van der Waals surface area contributed by atoms with Crippen molar-refractivity contribution in [3.63, 3.8) is 0 Å². The summed E-state index contributed by atoms with van der Waals surface area (Å²) >= 11 is 0. The van der Waals surface area contributed by atoms with Crippen LogP contribution in [-0.2, 0) is 0 Å². The lowest BCUT2D eigenvalue weighted by Gasteiger charge is -1.95. The molecule has 5 heteroatoms. The maximum absolute atomic E-state index is 4.17. The summed E-state index contributed by atoms with van der Waals surface area (Å²) in [7, 11) is 0. The largest absolute Gasteiger partial charge is 1.00 e. The number of nitrogens with zero attached hydrogens (tertiary/aromatic N) is 1. The Hall–Kier alpha value is -0.350. The van der Waals surface area contributed by atoms with Gasteiger partial charge in [-0.2, -0.15) is 0 Å². The van der Waals surface area contributed by atoms with E-state index in [9.17, 15) is 0 Å². The molecule has 0 aliphatic carbocycles. The van der Waals surface area contributed by atoms with Crippen molar-refractivity contribution in [3.8, 4) is 0 Å². The van der Waals surface area contributed by atoms with E-state index in [1.54, 1.807) is 0 Å². The number of halogens is 2. The normalized spacial score (nSPS) is 8.38. The van der Waals surface area contributed by atoms with Crippen LogP contribution in [0.25, 0.3) is 0 Å². The van der Waals surface area contributed by atoms with Crippen LogP contribution in [0.4, 0.5) is 5.82 Å². The summed E-state index contributed by atoms with van der Waals surface area (Å²) in [5.74, 6) is 1.07. The van der Waals surface area contributed by atoms with E-state index in [0.29, 0.717) is 0 Å². The molecule has 0 atom stereocenters. The fraction of sp³-hybridized carbons (Fsp3) is 0.375. The van der Waals surface area contributed by atoms with Crippen LogP contribution >= 0.6 is 0 Å². The van der Waals surface area contributed by atoms with Gasteiger partial charge in [0.2, 0.25) is 5.82 Å². The molecule has 0 aliphatic heterocycles. The summed E-state index contributed by atoms with van der Waals surface area (Å²) in [6.07, 6.45) is 2.96. The minimum absolute atomic E-state index is 0. The molecule has 0 unspecified atom stereocenters. The van der Waals surface area contributed by atoms with Crippen LogP contribution < -0.4 is 35.9 Å². The van der Waals surface area contributed by atoms with Crippen molar-refractivity contribution in [2.75, 3.05) is 13.1 Å². The van der Waals surface area contributed by atoms with Crippen LogP contribution in [0.15, 0.2) is 24.4 Å². The van der Waals surface area contributed by atoms with E-state index < -0.39 is 0 Å². The second-order valence-corrected chi connectivity index (χ2v) is 2.45. The molecule has 0 saturated heterocycles. The molecular formula is C8H15Cl2N3. The highest BCUT2D eigenvalue weighted by Crippen LogP contribution is 1.89. The van der Waals surface area contributed by atoms with Gasteiger partial charge in [0.25, 0.3) is 0 Å². The van der Waals surface area contributed by atoms with E-state index in [4.69, 9.17) is 0 Å². The van der Waals surface area contributed by atoms with E-state index in [1.165, 1.54) is 0 Å². The first kappa shape index (κ1) is 15.1. The zero-order chi connectivity index (χ0) is 7.94. The average molecular weight is 224 g/mol. The summed E-state index contributed by atoms with van der Waals surface area (Å²) in [5.41, 5.74) is 3.78. The predicted molar refractivity (Wildman–Crippen MR) is 43.1 cm³/mol. The first-order chi connectivity index (χ1) is 5.43. The molecule has 76 valence electrons. The quantitative estimate of drug-likeness (QED) is 0.491. The van der Waals surface area contributed by atoms with Gasteiger partial charge in [0, 0.05) is 18.7 Å². The van der Waals surface area contributed by atoms with Gasteiger partial charge in [-0.1, -0.05) is 6.07 Å². The van der Waals surface area contributed by atoms with Crippen LogP contribution in [0.3, 0.4) is 0 Å². The fourth-order valence-corrected chi connectivity index (χ4v) is 0.891. The molecular weight excluding hydrogens is 209 g/mol. The van der Waals surface area contributed by atoms with Gasteiger partial charge in [0.1, 0.15) is 0 Å². The van der Waals surface area contributed by atoms with E-state index in [-0.39, 0.29) is 24.8 Å². The van der Waals surface area contributed by atoms with Gasteiger partial charge in [-0.3, -0.25) is 5.32 Å². The zero-order valence-corrected chi connectivity index (χ0v) is 8.93.